The Labute approximate surface area is 68.8 Å². The van der Waals surface area contributed by atoms with Gasteiger partial charge in [-0.2, -0.15) is 4.98 Å². The Balaban J connectivity index is 2.98. The lowest BCUT2D eigenvalue weighted by atomic mass is 10.5. The number of nitrogens with one attached hydrogen (secondary N) is 2. The normalized spacial score (nSPS) is 10.8. The maximum atomic E-state index is 11.2. The van der Waals surface area contributed by atoms with Crippen LogP contribution in [0.4, 0.5) is 5.95 Å². The highest BCUT2D eigenvalue weighted by atomic mass is 31.0. The molecule has 4 N–H and O–H groups in total. The molecule has 0 spiro atoms. The lowest BCUT2D eigenvalue weighted by molar-refractivity contribution is 1.17. The molecule has 0 radical (unpaired) electrons. The number of nitrogen functional groups attached to an aromatic ring is 1. The van der Waals surface area contributed by atoms with Gasteiger partial charge in [-0.05, 0) is 0 Å². The zero-order valence-corrected chi connectivity index (χ0v) is 7.11. The molecule has 0 amide bonds. The van der Waals surface area contributed by atoms with Gasteiger partial charge in [-0.15, -0.1) is 0 Å². The van der Waals surface area contributed by atoms with Gasteiger partial charge in [-0.1, -0.05) is 9.24 Å². The Morgan fingerprint density at radius 3 is 2.83 bits per heavy atom. The average molecular weight is 183 g/mol. The summed E-state index contributed by atoms with van der Waals surface area (Å²) in [7, 11) is 2.34. The van der Waals surface area contributed by atoms with Crippen molar-refractivity contribution in [2.24, 2.45) is 0 Å². The van der Waals surface area contributed by atoms with Crippen molar-refractivity contribution in [1.82, 2.24) is 19.9 Å². The highest BCUT2D eigenvalue weighted by Crippen LogP contribution is 1.99. The maximum absolute atomic E-state index is 11.2. The molecule has 0 aliphatic heterocycles. The fourth-order valence-corrected chi connectivity index (χ4v) is 1.21. The Morgan fingerprint density at radius 1 is 1.33 bits per heavy atom. The van der Waals surface area contributed by atoms with Crippen LogP contribution in [0.2, 0.25) is 0 Å². The van der Waals surface area contributed by atoms with E-state index in [0.717, 1.165) is 0 Å². The van der Waals surface area contributed by atoms with E-state index in [-0.39, 0.29) is 11.5 Å². The number of imidazole rings is 1. The van der Waals surface area contributed by atoms with Crippen molar-refractivity contribution in [3.05, 3.63) is 10.4 Å². The van der Waals surface area contributed by atoms with Crippen molar-refractivity contribution in [1.29, 1.82) is 0 Å². The van der Waals surface area contributed by atoms with Gasteiger partial charge in [-0.3, -0.25) is 9.78 Å². The summed E-state index contributed by atoms with van der Waals surface area (Å²) in [4.78, 5) is 24.0. The lowest BCUT2D eigenvalue weighted by Gasteiger charge is -1.89. The number of hydrogen-bond acceptors (Lipinski definition) is 4. The topological polar surface area (TPSA) is 100 Å². The molecule has 1 unspecified atom stereocenters. The number of anilines is 1. The van der Waals surface area contributed by atoms with Crippen LogP contribution in [0.5, 0.6) is 0 Å². The largest absolute Gasteiger partial charge is 0.369 e. The molecule has 12 heavy (non-hydrogen) atoms. The zero-order chi connectivity index (χ0) is 8.72. The Bertz CT molecular complexity index is 486. The van der Waals surface area contributed by atoms with Gasteiger partial charge in [0.25, 0.3) is 5.56 Å². The summed E-state index contributed by atoms with van der Waals surface area (Å²) in [6.07, 6.45) is 0. The molecule has 0 saturated carbocycles. The second-order valence-electron chi connectivity index (χ2n) is 2.27. The minimum absolute atomic E-state index is 0.0731. The van der Waals surface area contributed by atoms with E-state index in [9.17, 15) is 4.79 Å². The SMILES string of the molecule is Nc1nc2nc(P)[nH]c2c(=O)[nH]1. The molecule has 0 bridgehead atoms. The summed E-state index contributed by atoms with van der Waals surface area (Å²) in [6.45, 7) is 0. The lowest BCUT2D eigenvalue weighted by Crippen LogP contribution is -2.11. The van der Waals surface area contributed by atoms with E-state index < -0.39 is 0 Å². The number of hydrogen-bond donors (Lipinski definition) is 3. The summed E-state index contributed by atoms with van der Waals surface area (Å²) >= 11 is 0. The molecular weight excluding hydrogens is 177 g/mol. The molecule has 0 fully saturated rings. The van der Waals surface area contributed by atoms with E-state index in [1.54, 1.807) is 0 Å². The summed E-state index contributed by atoms with van der Waals surface area (Å²) < 4.78 is 0. The molecular formula is C5H6N5OP. The molecule has 0 aliphatic rings. The summed E-state index contributed by atoms with van der Waals surface area (Å²) in [5, 5.41) is 0. The first-order valence-electron chi connectivity index (χ1n) is 3.18. The van der Waals surface area contributed by atoms with Crippen LogP contribution >= 0.6 is 9.24 Å². The van der Waals surface area contributed by atoms with Crippen LogP contribution in [-0.2, 0) is 0 Å². The van der Waals surface area contributed by atoms with Crippen molar-refractivity contribution < 1.29 is 0 Å². The molecule has 2 heterocycles. The molecule has 2 rings (SSSR count). The number of nitrogens with two attached hydrogens (primary N) is 1. The molecule has 0 aliphatic carbocycles. The van der Waals surface area contributed by atoms with E-state index in [1.165, 1.54) is 0 Å². The molecule has 0 aromatic carbocycles. The maximum Gasteiger partial charge on any atom is 0.278 e. The summed E-state index contributed by atoms with van der Waals surface area (Å²) in [6, 6.07) is 0. The molecule has 1 atom stereocenters. The smallest absolute Gasteiger partial charge is 0.278 e. The summed E-state index contributed by atoms with van der Waals surface area (Å²) in [5.74, 6) is 0.0731. The predicted molar refractivity (Wildman–Crippen MR) is 48.3 cm³/mol. The second-order valence-corrected chi connectivity index (χ2v) is 2.82. The van der Waals surface area contributed by atoms with Crippen LogP contribution < -0.4 is 16.9 Å². The number of aromatic amines is 2. The standard InChI is InChI=1S/C5H6N5OP/c6-4-8-2-1(3(11)10-4)7-5(12)9-2/h12H2,(H4,6,7,8,9,10,11). The van der Waals surface area contributed by atoms with Crippen molar-refractivity contribution in [2.45, 2.75) is 0 Å². The van der Waals surface area contributed by atoms with Gasteiger partial charge in [0.15, 0.2) is 11.2 Å². The number of fused-ring (bicyclic) bond motifs is 1. The average Bonchev–Trinajstić information content (AvgIpc) is 2.29. The predicted octanol–water partition coefficient (Wildman–Crippen LogP) is -1.27. The molecule has 2 aromatic heterocycles. The molecule has 7 heteroatoms. The number of H-pyrrole nitrogens is 2. The van der Waals surface area contributed by atoms with Gasteiger partial charge in [0.05, 0.1) is 0 Å². The third-order valence-electron chi connectivity index (χ3n) is 1.40. The fourth-order valence-electron chi connectivity index (χ4n) is 0.942. The third kappa shape index (κ3) is 0.967. The summed E-state index contributed by atoms with van der Waals surface area (Å²) in [5.41, 5.74) is 6.24. The highest BCUT2D eigenvalue weighted by molar-refractivity contribution is 7.26. The molecule has 0 saturated heterocycles. The number of nitrogens with zero attached hydrogens (tertiary/aromatic N) is 2. The van der Waals surface area contributed by atoms with Crippen molar-refractivity contribution in [2.75, 3.05) is 5.73 Å². The van der Waals surface area contributed by atoms with Gasteiger partial charge < -0.3 is 10.7 Å². The number of rotatable bonds is 0. The van der Waals surface area contributed by atoms with Gasteiger partial charge in [-0.25, -0.2) is 4.98 Å². The van der Waals surface area contributed by atoms with Gasteiger partial charge in [0.2, 0.25) is 5.95 Å². The van der Waals surface area contributed by atoms with Crippen LogP contribution in [0.25, 0.3) is 11.2 Å². The van der Waals surface area contributed by atoms with E-state index in [0.29, 0.717) is 16.7 Å². The number of aromatic nitrogens is 4. The monoisotopic (exact) mass is 183 g/mol. The van der Waals surface area contributed by atoms with Crippen LogP contribution in [0.15, 0.2) is 4.79 Å². The zero-order valence-electron chi connectivity index (χ0n) is 5.96. The quantitative estimate of drug-likeness (QED) is 0.443. The third-order valence-corrected chi connectivity index (χ3v) is 1.67. The van der Waals surface area contributed by atoms with Crippen LogP contribution in [0.1, 0.15) is 0 Å². The Morgan fingerprint density at radius 2 is 2.08 bits per heavy atom. The van der Waals surface area contributed by atoms with Gasteiger partial charge in [0.1, 0.15) is 5.57 Å². The molecule has 6 nitrogen and oxygen atoms in total. The van der Waals surface area contributed by atoms with Crippen molar-refractivity contribution in [3.63, 3.8) is 0 Å². The first-order chi connectivity index (χ1) is 5.66. The molecule has 2 aromatic rings. The minimum Gasteiger partial charge on any atom is -0.369 e. The van der Waals surface area contributed by atoms with Crippen LogP contribution in [0, 0.1) is 0 Å². The van der Waals surface area contributed by atoms with E-state index >= 15 is 0 Å². The second kappa shape index (κ2) is 2.28. The highest BCUT2D eigenvalue weighted by Gasteiger charge is 2.04. The van der Waals surface area contributed by atoms with Gasteiger partial charge in [0, 0.05) is 0 Å². The van der Waals surface area contributed by atoms with Crippen molar-refractivity contribution >= 4 is 31.9 Å². The first kappa shape index (κ1) is 7.24. The van der Waals surface area contributed by atoms with E-state index in [2.05, 4.69) is 29.2 Å². The fraction of sp³-hybridized carbons (Fsp3) is 0. The van der Waals surface area contributed by atoms with E-state index in [1.807, 2.05) is 0 Å². The Hall–Kier alpha value is -1.42. The first-order valence-corrected chi connectivity index (χ1v) is 3.75. The van der Waals surface area contributed by atoms with Crippen LogP contribution in [-0.4, -0.2) is 19.9 Å². The Kier molecular flexibility index (Phi) is 1.38. The van der Waals surface area contributed by atoms with E-state index in [4.69, 9.17) is 5.73 Å². The minimum atomic E-state index is -0.307. The molecule has 62 valence electrons. The van der Waals surface area contributed by atoms with Gasteiger partial charge >= 0.3 is 0 Å². The van der Waals surface area contributed by atoms with Crippen molar-refractivity contribution in [3.8, 4) is 0 Å². The van der Waals surface area contributed by atoms with Crippen LogP contribution in [0.3, 0.4) is 0 Å².